The van der Waals surface area contributed by atoms with Crippen molar-refractivity contribution in [3.63, 3.8) is 0 Å². The summed E-state index contributed by atoms with van der Waals surface area (Å²) in [4.78, 5) is 16.0. The van der Waals surface area contributed by atoms with Crippen molar-refractivity contribution in [2.75, 3.05) is 7.11 Å². The number of carbonyl (C=O) groups excluding carboxylic acids is 1. The fourth-order valence-electron chi connectivity index (χ4n) is 2.09. The normalized spacial score (nSPS) is 17.9. The molecule has 1 unspecified atom stereocenters. The number of hydrogen-bond donors (Lipinski definition) is 1. The molecule has 1 aliphatic heterocycles. The van der Waals surface area contributed by atoms with Crippen LogP contribution in [0.2, 0.25) is 0 Å². The molecule has 0 saturated heterocycles. The largest absolute Gasteiger partial charge is 0.464 e. The molecule has 2 aromatic rings. The summed E-state index contributed by atoms with van der Waals surface area (Å²) >= 11 is -1.74. The van der Waals surface area contributed by atoms with E-state index in [1.54, 1.807) is 0 Å². The fraction of sp³-hybridized carbons (Fsp3) is 0.154. The molecule has 8 heteroatoms. The molecule has 1 N–H and O–H groups in total. The molecule has 1 atom stereocenters. The van der Waals surface area contributed by atoms with Crippen LogP contribution in [0.25, 0.3) is 11.0 Å². The fourth-order valence-corrected chi connectivity index (χ4v) is 2.78. The highest BCUT2D eigenvalue weighted by Crippen LogP contribution is 2.17. The van der Waals surface area contributed by atoms with Crippen LogP contribution in [0.1, 0.15) is 5.82 Å². The van der Waals surface area contributed by atoms with Gasteiger partial charge in [-0.25, -0.2) is 14.0 Å². The topological polar surface area (TPSA) is 85.6 Å². The van der Waals surface area contributed by atoms with Crippen LogP contribution in [-0.4, -0.2) is 32.6 Å². The number of nitrogens with zero attached hydrogens (tertiary/aromatic N) is 3. The average molecular weight is 304 g/mol. The summed E-state index contributed by atoms with van der Waals surface area (Å²) in [5.74, 6) is -0.0676. The molecule has 0 amide bonds. The van der Waals surface area contributed by atoms with Crippen LogP contribution in [0.3, 0.4) is 0 Å². The third-order valence-corrected chi connectivity index (χ3v) is 3.84. The third-order valence-electron chi connectivity index (χ3n) is 3.08. The van der Waals surface area contributed by atoms with E-state index in [4.69, 9.17) is 0 Å². The van der Waals surface area contributed by atoms with Crippen LogP contribution in [0.15, 0.2) is 40.4 Å². The number of methoxy groups -OCH3 is 1. The maximum Gasteiger partial charge on any atom is 0.355 e. The molecule has 3 rings (SSSR count). The van der Waals surface area contributed by atoms with Gasteiger partial charge in [-0.05, 0) is 18.2 Å². The number of fused-ring (bicyclic) bond motifs is 1. The van der Waals surface area contributed by atoms with Crippen molar-refractivity contribution < 1.29 is 13.7 Å². The lowest BCUT2D eigenvalue weighted by molar-refractivity contribution is -0.136. The first-order valence-electron chi connectivity index (χ1n) is 6.09. The molecule has 2 heterocycles. The van der Waals surface area contributed by atoms with Gasteiger partial charge in [0.2, 0.25) is 11.2 Å². The predicted octanol–water partition coefficient (Wildman–Crippen LogP) is 0.601. The van der Waals surface area contributed by atoms with Crippen molar-refractivity contribution in [3.8, 4) is 0 Å². The van der Waals surface area contributed by atoms with Gasteiger partial charge in [0.1, 0.15) is 11.4 Å². The maximum absolute atomic E-state index is 11.7. The minimum absolute atomic E-state index is 0.0906. The molecule has 1 aromatic carbocycles. The predicted molar refractivity (Wildman–Crippen MR) is 78.6 cm³/mol. The van der Waals surface area contributed by atoms with Crippen molar-refractivity contribution in [2.45, 2.75) is 0 Å². The standard InChI is InChI=1S/C13H12N4O3S/c1-17-11-6-4-3-5-8(11)14-12(17)9-7-10(13(18)20-2)16-21(19)15-9/h3-7,16H,1-2H3. The van der Waals surface area contributed by atoms with Gasteiger partial charge in [0, 0.05) is 7.05 Å². The molecule has 0 aliphatic carbocycles. The molecule has 1 aromatic heterocycles. The number of ether oxygens (including phenoxy) is 1. The summed E-state index contributed by atoms with van der Waals surface area (Å²) in [7, 11) is 3.10. The Balaban J connectivity index is 2.13. The molecular weight excluding hydrogens is 292 g/mol. The van der Waals surface area contributed by atoms with Gasteiger partial charge in [0.25, 0.3) is 0 Å². The Morgan fingerprint density at radius 2 is 2.14 bits per heavy atom. The van der Waals surface area contributed by atoms with E-state index in [0.717, 1.165) is 11.0 Å². The number of nitrogens with one attached hydrogen (secondary N) is 1. The Morgan fingerprint density at radius 3 is 2.86 bits per heavy atom. The second kappa shape index (κ2) is 5.13. The first kappa shape index (κ1) is 13.5. The summed E-state index contributed by atoms with van der Waals surface area (Å²) in [5.41, 5.74) is 2.18. The van der Waals surface area contributed by atoms with Crippen molar-refractivity contribution >= 4 is 33.9 Å². The number of aryl methyl sites for hydroxylation is 1. The second-order valence-corrected chi connectivity index (χ2v) is 5.25. The van der Waals surface area contributed by atoms with Crippen LogP contribution < -0.4 is 4.72 Å². The number of para-hydroxylation sites is 2. The highest BCUT2D eigenvalue weighted by Gasteiger charge is 2.22. The van der Waals surface area contributed by atoms with E-state index in [9.17, 15) is 9.00 Å². The third kappa shape index (κ3) is 2.33. The SMILES string of the molecule is COC(=O)C1=CC(c2nc3ccccc3n2C)=NS(=O)N1. The minimum atomic E-state index is -1.74. The van der Waals surface area contributed by atoms with Crippen LogP contribution in [0, 0.1) is 0 Å². The summed E-state index contributed by atoms with van der Waals surface area (Å²) in [6.45, 7) is 0. The Bertz CT molecular complexity index is 822. The number of carbonyl (C=O) groups is 1. The molecule has 0 saturated carbocycles. The van der Waals surface area contributed by atoms with E-state index in [0.29, 0.717) is 11.5 Å². The minimum Gasteiger partial charge on any atom is -0.464 e. The van der Waals surface area contributed by atoms with Gasteiger partial charge in [0.05, 0.1) is 18.1 Å². The van der Waals surface area contributed by atoms with Crippen molar-refractivity contribution in [3.05, 3.63) is 41.9 Å². The quantitative estimate of drug-likeness (QED) is 0.823. The summed E-state index contributed by atoms with van der Waals surface area (Å²) < 4.78 is 24.6. The molecule has 21 heavy (non-hydrogen) atoms. The lowest BCUT2D eigenvalue weighted by atomic mass is 10.3. The average Bonchev–Trinajstić information content (AvgIpc) is 2.83. The number of allylic oxidation sites excluding steroid dienone is 1. The van der Waals surface area contributed by atoms with E-state index >= 15 is 0 Å². The molecule has 7 nitrogen and oxygen atoms in total. The summed E-state index contributed by atoms with van der Waals surface area (Å²) in [6.07, 6.45) is 1.48. The Morgan fingerprint density at radius 1 is 1.38 bits per heavy atom. The zero-order valence-corrected chi connectivity index (χ0v) is 12.2. The smallest absolute Gasteiger partial charge is 0.355 e. The molecule has 0 bridgehead atoms. The number of esters is 1. The number of benzene rings is 1. The summed E-state index contributed by atoms with van der Waals surface area (Å²) in [5, 5.41) is 0. The Kier molecular flexibility index (Phi) is 3.30. The molecular formula is C13H12N4O3S. The van der Waals surface area contributed by atoms with Crippen molar-refractivity contribution in [1.29, 1.82) is 0 Å². The van der Waals surface area contributed by atoms with Crippen molar-refractivity contribution in [1.82, 2.24) is 14.3 Å². The van der Waals surface area contributed by atoms with Gasteiger partial charge in [-0.1, -0.05) is 12.1 Å². The molecule has 0 fully saturated rings. The Hall–Kier alpha value is -2.48. The van der Waals surface area contributed by atoms with E-state index in [-0.39, 0.29) is 5.70 Å². The second-order valence-electron chi connectivity index (χ2n) is 4.36. The van der Waals surface area contributed by atoms with Crippen LogP contribution in [0.5, 0.6) is 0 Å². The first-order chi connectivity index (χ1) is 10.1. The number of rotatable bonds is 2. The zero-order valence-electron chi connectivity index (χ0n) is 11.4. The molecule has 0 radical (unpaired) electrons. The lowest BCUT2D eigenvalue weighted by Gasteiger charge is -2.12. The molecule has 0 spiro atoms. The number of aromatic nitrogens is 2. The first-order valence-corrected chi connectivity index (χ1v) is 7.20. The molecule has 1 aliphatic rings. The lowest BCUT2D eigenvalue weighted by Crippen LogP contribution is -2.28. The summed E-state index contributed by atoms with van der Waals surface area (Å²) in [6, 6.07) is 7.60. The molecule has 108 valence electrons. The number of imidazole rings is 1. The van der Waals surface area contributed by atoms with Gasteiger partial charge in [-0.15, -0.1) is 0 Å². The highest BCUT2D eigenvalue weighted by molar-refractivity contribution is 7.82. The Labute approximate surface area is 123 Å². The maximum atomic E-state index is 11.7. The van der Waals surface area contributed by atoms with E-state index < -0.39 is 17.1 Å². The van der Waals surface area contributed by atoms with Gasteiger partial charge in [-0.2, -0.15) is 4.40 Å². The zero-order chi connectivity index (χ0) is 15.0. The number of hydrogen-bond acceptors (Lipinski definition) is 4. The van der Waals surface area contributed by atoms with Crippen LogP contribution in [0.4, 0.5) is 0 Å². The van der Waals surface area contributed by atoms with E-state index in [2.05, 4.69) is 18.8 Å². The van der Waals surface area contributed by atoms with Crippen LogP contribution >= 0.6 is 0 Å². The van der Waals surface area contributed by atoms with Gasteiger partial charge in [-0.3, -0.25) is 4.72 Å². The highest BCUT2D eigenvalue weighted by atomic mass is 32.2. The van der Waals surface area contributed by atoms with E-state index in [1.165, 1.54) is 13.2 Å². The van der Waals surface area contributed by atoms with Crippen LogP contribution in [-0.2, 0) is 27.8 Å². The van der Waals surface area contributed by atoms with Gasteiger partial charge >= 0.3 is 5.97 Å². The van der Waals surface area contributed by atoms with E-state index in [1.807, 2.05) is 35.9 Å². The van der Waals surface area contributed by atoms with Crippen molar-refractivity contribution in [2.24, 2.45) is 11.4 Å². The van der Waals surface area contributed by atoms with Gasteiger partial charge in [0.15, 0.2) is 5.82 Å². The van der Waals surface area contributed by atoms with Gasteiger partial charge < -0.3 is 9.30 Å². The monoisotopic (exact) mass is 304 g/mol.